The number of nitrogens with zero attached hydrogens (tertiary/aromatic N) is 1. The highest BCUT2D eigenvalue weighted by atomic mass is 16.6. The molecule has 262 valence electrons. The molecule has 0 aliphatic carbocycles. The van der Waals surface area contributed by atoms with Crippen LogP contribution in [0.4, 0.5) is 4.79 Å². The summed E-state index contributed by atoms with van der Waals surface area (Å²) in [7, 11) is 0. The highest BCUT2D eigenvalue weighted by Crippen LogP contribution is 2.39. The first-order chi connectivity index (χ1) is 21.8. The molecule has 11 nitrogen and oxygen atoms in total. The molecular weight excluding hydrogens is 592 g/mol. The smallest absolute Gasteiger partial charge is 0.407 e. The molecule has 0 aromatic rings. The summed E-state index contributed by atoms with van der Waals surface area (Å²) in [6.07, 6.45) is 9.23. The van der Waals surface area contributed by atoms with Crippen LogP contribution in [0.25, 0.3) is 0 Å². The standard InChI is InChI=1S/C35H58N2O9/c1-7-35(41,42)27(6)32-30(44-32)22-23(2)10-8-12-25(4)31-26(5)14-15-29(24(3)11-9-13-28(38)33(39)46-31)45-34(40)36-16-17-37-18-20-43-21-19-37/h8,10,12,14-15,23-24,26-32,38,41-42H,7,9,11,13,16-22H2,1-6H3,(H,36,40)/b10-8+,15-14+,25-12+. The number of epoxide rings is 1. The normalized spacial score (nSPS) is 32.5. The summed E-state index contributed by atoms with van der Waals surface area (Å²) < 4.78 is 22.8. The van der Waals surface area contributed by atoms with E-state index in [1.54, 1.807) is 13.8 Å². The van der Waals surface area contributed by atoms with Crippen LogP contribution in [0.15, 0.2) is 36.0 Å². The van der Waals surface area contributed by atoms with Crippen molar-refractivity contribution in [2.45, 2.75) is 110 Å². The number of rotatable bonds is 12. The summed E-state index contributed by atoms with van der Waals surface area (Å²) in [6, 6.07) is 0. The third-order valence-electron chi connectivity index (χ3n) is 9.55. The number of carbonyl (C=O) groups excluding carboxylic acids is 2. The number of carbonyl (C=O) groups is 2. The second-order valence-electron chi connectivity index (χ2n) is 13.4. The van der Waals surface area contributed by atoms with Gasteiger partial charge < -0.3 is 39.6 Å². The van der Waals surface area contributed by atoms with Crippen LogP contribution >= 0.6 is 0 Å². The van der Waals surface area contributed by atoms with E-state index < -0.39 is 36.2 Å². The first-order valence-electron chi connectivity index (χ1n) is 17.1. The van der Waals surface area contributed by atoms with Gasteiger partial charge in [0.2, 0.25) is 0 Å². The Morgan fingerprint density at radius 2 is 1.91 bits per heavy atom. The first kappa shape index (κ1) is 38.2. The van der Waals surface area contributed by atoms with Crippen molar-refractivity contribution in [3.63, 3.8) is 0 Å². The Morgan fingerprint density at radius 3 is 2.61 bits per heavy atom. The van der Waals surface area contributed by atoms with Crippen LogP contribution in [-0.2, 0) is 23.7 Å². The van der Waals surface area contributed by atoms with Gasteiger partial charge in [-0.1, -0.05) is 58.9 Å². The van der Waals surface area contributed by atoms with Gasteiger partial charge in [-0.3, -0.25) is 4.90 Å². The summed E-state index contributed by atoms with van der Waals surface area (Å²) in [5.41, 5.74) is 0.812. The van der Waals surface area contributed by atoms with Crippen molar-refractivity contribution in [1.29, 1.82) is 0 Å². The fourth-order valence-electron chi connectivity index (χ4n) is 6.08. The Hall–Kier alpha value is -2.28. The monoisotopic (exact) mass is 650 g/mol. The fraction of sp³-hybridized carbons (Fsp3) is 0.771. The summed E-state index contributed by atoms with van der Waals surface area (Å²) >= 11 is 0. The van der Waals surface area contributed by atoms with Crippen molar-refractivity contribution in [3.05, 3.63) is 36.0 Å². The average molecular weight is 651 g/mol. The number of alkyl carbamates (subject to hydrolysis) is 1. The van der Waals surface area contributed by atoms with Gasteiger partial charge >= 0.3 is 12.1 Å². The summed E-state index contributed by atoms with van der Waals surface area (Å²) in [4.78, 5) is 27.8. The first-order valence-corrected chi connectivity index (χ1v) is 17.1. The molecule has 0 aromatic heterocycles. The molecule has 11 heteroatoms. The van der Waals surface area contributed by atoms with Crippen molar-refractivity contribution in [1.82, 2.24) is 10.2 Å². The predicted molar refractivity (Wildman–Crippen MR) is 175 cm³/mol. The highest BCUT2D eigenvalue weighted by molar-refractivity contribution is 5.74. The van der Waals surface area contributed by atoms with E-state index in [1.165, 1.54) is 0 Å². The zero-order chi connectivity index (χ0) is 33.9. The number of cyclic esters (lactones) is 1. The topological polar surface area (TPSA) is 150 Å². The average Bonchev–Trinajstić information content (AvgIpc) is 3.79. The second-order valence-corrected chi connectivity index (χ2v) is 13.4. The highest BCUT2D eigenvalue weighted by Gasteiger charge is 2.49. The van der Waals surface area contributed by atoms with Crippen molar-refractivity contribution in [2.24, 2.45) is 23.7 Å². The van der Waals surface area contributed by atoms with Gasteiger partial charge in [0.05, 0.1) is 25.4 Å². The molecule has 46 heavy (non-hydrogen) atoms. The van der Waals surface area contributed by atoms with Gasteiger partial charge in [0.1, 0.15) is 12.2 Å². The number of morpholine rings is 1. The molecule has 3 heterocycles. The number of nitrogens with one attached hydrogen (secondary N) is 1. The molecule has 2 saturated heterocycles. The van der Waals surface area contributed by atoms with E-state index in [1.807, 2.05) is 51.2 Å². The lowest BCUT2D eigenvalue weighted by atomic mass is 9.91. The van der Waals surface area contributed by atoms with Crippen LogP contribution < -0.4 is 5.32 Å². The molecular formula is C35H58N2O9. The number of allylic oxidation sites excluding steroid dienone is 3. The summed E-state index contributed by atoms with van der Waals surface area (Å²) in [5, 5.41) is 33.7. The molecule has 0 aromatic carbocycles. The van der Waals surface area contributed by atoms with Crippen LogP contribution in [0.5, 0.6) is 0 Å². The maximum atomic E-state index is 12.8. The Kier molecular flexibility index (Phi) is 15.2. The largest absolute Gasteiger partial charge is 0.455 e. The molecule has 3 rings (SSSR count). The minimum absolute atomic E-state index is 0.0122. The van der Waals surface area contributed by atoms with Gasteiger partial charge in [0, 0.05) is 38.0 Å². The van der Waals surface area contributed by atoms with Gasteiger partial charge in [0.15, 0.2) is 11.9 Å². The number of ether oxygens (including phenoxy) is 4. The zero-order valence-electron chi connectivity index (χ0n) is 28.6. The second kappa shape index (κ2) is 18.3. The Bertz CT molecular complexity index is 1050. The van der Waals surface area contributed by atoms with Crippen LogP contribution in [0.1, 0.15) is 73.6 Å². The Balaban J connectivity index is 1.61. The maximum absolute atomic E-state index is 12.8. The minimum Gasteiger partial charge on any atom is -0.455 e. The SMILES string of the molecule is CCC(O)(O)C(C)C1OC1CC(C)/C=C/C=C(\C)C1OC(=O)C(O)CCCC(C)C(OC(=O)NCCN2CCOCC2)/C=C/C1C. The molecule has 1 amide bonds. The lowest BCUT2D eigenvalue weighted by molar-refractivity contribution is -0.201. The molecule has 2 fully saturated rings. The van der Waals surface area contributed by atoms with Crippen LogP contribution in [0, 0.1) is 23.7 Å². The maximum Gasteiger partial charge on any atom is 0.407 e. The molecule has 3 aliphatic rings. The number of amides is 1. The van der Waals surface area contributed by atoms with Crippen molar-refractivity contribution in [2.75, 3.05) is 39.4 Å². The minimum atomic E-state index is -1.73. The van der Waals surface area contributed by atoms with Crippen LogP contribution in [0.3, 0.4) is 0 Å². The molecule has 9 atom stereocenters. The number of esters is 1. The van der Waals surface area contributed by atoms with E-state index >= 15 is 0 Å². The lowest BCUT2D eigenvalue weighted by Gasteiger charge is -2.28. The van der Waals surface area contributed by atoms with Gasteiger partial charge in [0.25, 0.3) is 0 Å². The molecule has 0 spiro atoms. The quantitative estimate of drug-likeness (QED) is 0.0809. The predicted octanol–water partition coefficient (Wildman–Crippen LogP) is 3.72. The van der Waals surface area contributed by atoms with Gasteiger partial charge in [-0.05, 0) is 62.5 Å². The summed E-state index contributed by atoms with van der Waals surface area (Å²) in [6.45, 7) is 15.8. The van der Waals surface area contributed by atoms with Crippen molar-refractivity contribution >= 4 is 12.1 Å². The fourth-order valence-corrected chi connectivity index (χ4v) is 6.08. The Labute approximate surface area is 275 Å². The molecule has 0 saturated carbocycles. The van der Waals surface area contributed by atoms with Gasteiger partial charge in [-0.15, -0.1) is 0 Å². The summed E-state index contributed by atoms with van der Waals surface area (Å²) in [5.74, 6) is -2.83. The van der Waals surface area contributed by atoms with Crippen LogP contribution in [-0.4, -0.2) is 108 Å². The third-order valence-corrected chi connectivity index (χ3v) is 9.55. The molecule has 4 N–H and O–H groups in total. The zero-order valence-corrected chi connectivity index (χ0v) is 28.6. The van der Waals surface area contributed by atoms with Crippen molar-refractivity contribution in [3.8, 4) is 0 Å². The number of hydrogen-bond acceptors (Lipinski definition) is 10. The van der Waals surface area contributed by atoms with Crippen LogP contribution in [0.2, 0.25) is 0 Å². The molecule has 9 unspecified atom stereocenters. The van der Waals surface area contributed by atoms with E-state index in [-0.39, 0.29) is 48.7 Å². The molecule has 3 aliphatic heterocycles. The lowest BCUT2D eigenvalue weighted by Crippen LogP contribution is -2.42. The number of aliphatic hydroxyl groups excluding tert-OH is 1. The number of hydrogen-bond donors (Lipinski definition) is 4. The molecule has 0 bridgehead atoms. The van der Waals surface area contributed by atoms with E-state index in [0.717, 1.165) is 31.6 Å². The third kappa shape index (κ3) is 12.1. The Morgan fingerprint density at radius 1 is 1.20 bits per heavy atom. The molecule has 0 radical (unpaired) electrons. The van der Waals surface area contributed by atoms with Crippen molar-refractivity contribution < 1.29 is 43.9 Å². The van der Waals surface area contributed by atoms with E-state index in [4.69, 9.17) is 18.9 Å². The number of aliphatic hydroxyl groups is 3. The van der Waals surface area contributed by atoms with E-state index in [2.05, 4.69) is 17.1 Å². The van der Waals surface area contributed by atoms with Gasteiger partial charge in [-0.2, -0.15) is 0 Å². The van der Waals surface area contributed by atoms with E-state index in [9.17, 15) is 24.9 Å². The van der Waals surface area contributed by atoms with E-state index in [0.29, 0.717) is 32.6 Å². The van der Waals surface area contributed by atoms with Gasteiger partial charge in [-0.25, -0.2) is 9.59 Å².